The Labute approximate surface area is 119 Å². The Hall–Kier alpha value is -1.81. The van der Waals surface area contributed by atoms with Gasteiger partial charge in [0, 0.05) is 30.7 Å². The Morgan fingerprint density at radius 2 is 2.25 bits per heavy atom. The Morgan fingerprint density at radius 1 is 1.35 bits per heavy atom. The smallest absolute Gasteiger partial charge is 0.0679 e. The molecule has 3 rings (SSSR count). The molecule has 1 saturated heterocycles. The van der Waals surface area contributed by atoms with E-state index in [0.717, 1.165) is 26.0 Å². The van der Waals surface area contributed by atoms with E-state index in [-0.39, 0.29) is 0 Å². The van der Waals surface area contributed by atoms with Gasteiger partial charge in [-0.05, 0) is 37.5 Å². The zero-order chi connectivity index (χ0) is 13.8. The molecule has 106 valence electrons. The fourth-order valence-corrected chi connectivity index (χ4v) is 2.72. The van der Waals surface area contributed by atoms with E-state index in [1.807, 2.05) is 23.1 Å². The molecular weight excluding hydrogens is 250 g/mol. The van der Waals surface area contributed by atoms with Gasteiger partial charge in [0.2, 0.25) is 0 Å². The number of hydrogen-bond donors (Lipinski definition) is 1. The van der Waals surface area contributed by atoms with E-state index in [9.17, 15) is 0 Å². The summed E-state index contributed by atoms with van der Waals surface area (Å²) in [6.07, 6.45) is 6.29. The average molecular weight is 271 g/mol. The molecular formula is C16H21N3O. The molecule has 4 nitrogen and oxygen atoms in total. The topological polar surface area (TPSA) is 39.1 Å². The molecule has 0 saturated carbocycles. The predicted octanol–water partition coefficient (Wildman–Crippen LogP) is 2.91. The first-order valence-electron chi connectivity index (χ1n) is 7.25. The number of nitrogens with one attached hydrogen (secondary N) is 1. The lowest BCUT2D eigenvalue weighted by Crippen LogP contribution is -2.32. The average Bonchev–Trinajstić information content (AvgIpc) is 2.94. The van der Waals surface area contributed by atoms with Crippen molar-refractivity contribution in [2.24, 2.45) is 0 Å². The highest BCUT2D eigenvalue weighted by atomic mass is 16.5. The van der Waals surface area contributed by atoms with Crippen LogP contribution in [0.15, 0.2) is 42.7 Å². The van der Waals surface area contributed by atoms with Crippen LogP contribution in [0.2, 0.25) is 0 Å². The van der Waals surface area contributed by atoms with Gasteiger partial charge in [-0.2, -0.15) is 5.10 Å². The molecule has 2 atom stereocenters. The van der Waals surface area contributed by atoms with Crippen molar-refractivity contribution in [1.82, 2.24) is 9.78 Å². The maximum absolute atomic E-state index is 5.61. The minimum absolute atomic E-state index is 0.347. The summed E-state index contributed by atoms with van der Waals surface area (Å²) in [4.78, 5) is 0. The summed E-state index contributed by atoms with van der Waals surface area (Å²) in [6, 6.07) is 10.9. The van der Waals surface area contributed by atoms with Crippen molar-refractivity contribution in [2.45, 2.75) is 38.5 Å². The molecule has 2 unspecified atom stereocenters. The molecule has 20 heavy (non-hydrogen) atoms. The molecule has 0 spiro atoms. The van der Waals surface area contributed by atoms with Crippen LogP contribution in [-0.4, -0.2) is 28.5 Å². The lowest BCUT2D eigenvalue weighted by molar-refractivity contribution is 0.0232. The van der Waals surface area contributed by atoms with Crippen LogP contribution >= 0.6 is 0 Å². The highest BCUT2D eigenvalue weighted by Gasteiger charge is 2.19. The van der Waals surface area contributed by atoms with Crippen LogP contribution in [0, 0.1) is 0 Å². The molecule has 1 aliphatic rings. The van der Waals surface area contributed by atoms with E-state index in [0.29, 0.717) is 12.1 Å². The molecule has 0 amide bonds. The number of anilines is 1. The summed E-state index contributed by atoms with van der Waals surface area (Å²) in [5, 5.41) is 7.95. The number of hydrogen-bond acceptors (Lipinski definition) is 3. The third kappa shape index (κ3) is 3.20. The van der Waals surface area contributed by atoms with Gasteiger partial charge in [-0.25, -0.2) is 0 Å². The second-order valence-corrected chi connectivity index (χ2v) is 5.41. The summed E-state index contributed by atoms with van der Waals surface area (Å²) in [5.41, 5.74) is 2.48. The van der Waals surface area contributed by atoms with Crippen LogP contribution in [0.1, 0.15) is 25.3 Å². The maximum atomic E-state index is 5.61. The van der Waals surface area contributed by atoms with Crippen LogP contribution in [0.4, 0.5) is 5.69 Å². The van der Waals surface area contributed by atoms with E-state index in [2.05, 4.69) is 41.6 Å². The third-order valence-corrected chi connectivity index (χ3v) is 3.75. The van der Waals surface area contributed by atoms with Crippen molar-refractivity contribution in [2.75, 3.05) is 11.9 Å². The highest BCUT2D eigenvalue weighted by Crippen LogP contribution is 2.22. The van der Waals surface area contributed by atoms with Crippen LogP contribution in [0.25, 0.3) is 0 Å². The SMILES string of the molecule is CC1CC(Nc2ccccc2Cn2cccn2)CCO1. The summed E-state index contributed by atoms with van der Waals surface area (Å²) >= 11 is 0. The quantitative estimate of drug-likeness (QED) is 0.929. The molecule has 1 aliphatic heterocycles. The molecule has 0 aliphatic carbocycles. The van der Waals surface area contributed by atoms with Crippen LogP contribution < -0.4 is 5.32 Å². The zero-order valence-electron chi connectivity index (χ0n) is 11.8. The summed E-state index contributed by atoms with van der Waals surface area (Å²) in [7, 11) is 0. The highest BCUT2D eigenvalue weighted by molar-refractivity contribution is 5.51. The van der Waals surface area contributed by atoms with Gasteiger partial charge in [0.25, 0.3) is 0 Å². The molecule has 0 bridgehead atoms. The minimum Gasteiger partial charge on any atom is -0.382 e. The summed E-state index contributed by atoms with van der Waals surface area (Å²) in [6.45, 7) is 3.79. The van der Waals surface area contributed by atoms with Crippen molar-refractivity contribution in [3.63, 3.8) is 0 Å². The largest absolute Gasteiger partial charge is 0.382 e. The summed E-state index contributed by atoms with van der Waals surface area (Å²) in [5.74, 6) is 0. The Kier molecular flexibility index (Phi) is 4.02. The molecule has 1 aromatic carbocycles. The first kappa shape index (κ1) is 13.2. The lowest BCUT2D eigenvalue weighted by Gasteiger charge is -2.29. The first-order chi connectivity index (χ1) is 9.81. The van der Waals surface area contributed by atoms with Gasteiger partial charge in [0.15, 0.2) is 0 Å². The van der Waals surface area contributed by atoms with E-state index < -0.39 is 0 Å². The first-order valence-corrected chi connectivity index (χ1v) is 7.25. The number of aromatic nitrogens is 2. The predicted molar refractivity (Wildman–Crippen MR) is 79.8 cm³/mol. The molecule has 1 N–H and O–H groups in total. The van der Waals surface area contributed by atoms with Crippen molar-refractivity contribution in [1.29, 1.82) is 0 Å². The second kappa shape index (κ2) is 6.09. The van der Waals surface area contributed by atoms with Gasteiger partial charge >= 0.3 is 0 Å². The Morgan fingerprint density at radius 3 is 3.05 bits per heavy atom. The van der Waals surface area contributed by atoms with Gasteiger partial charge < -0.3 is 10.1 Å². The van der Waals surface area contributed by atoms with Crippen LogP contribution in [0.5, 0.6) is 0 Å². The number of para-hydroxylation sites is 1. The fraction of sp³-hybridized carbons (Fsp3) is 0.438. The molecule has 4 heteroatoms. The summed E-state index contributed by atoms with van der Waals surface area (Å²) < 4.78 is 7.56. The van der Waals surface area contributed by atoms with Crippen LogP contribution in [0.3, 0.4) is 0 Å². The number of ether oxygens (including phenoxy) is 1. The Balaban J connectivity index is 1.72. The van der Waals surface area contributed by atoms with E-state index >= 15 is 0 Å². The normalized spacial score (nSPS) is 22.6. The van der Waals surface area contributed by atoms with Crippen molar-refractivity contribution in [3.8, 4) is 0 Å². The van der Waals surface area contributed by atoms with Gasteiger partial charge in [-0.15, -0.1) is 0 Å². The molecule has 1 aromatic heterocycles. The fourth-order valence-electron chi connectivity index (χ4n) is 2.72. The van der Waals surface area contributed by atoms with E-state index in [1.165, 1.54) is 11.3 Å². The van der Waals surface area contributed by atoms with E-state index in [1.54, 1.807) is 0 Å². The Bertz CT molecular complexity index is 538. The van der Waals surface area contributed by atoms with Crippen molar-refractivity contribution in [3.05, 3.63) is 48.3 Å². The van der Waals surface area contributed by atoms with Gasteiger partial charge in [-0.1, -0.05) is 18.2 Å². The number of benzene rings is 1. The monoisotopic (exact) mass is 271 g/mol. The molecule has 1 fully saturated rings. The molecule has 2 aromatic rings. The van der Waals surface area contributed by atoms with Gasteiger partial charge in [0.1, 0.15) is 0 Å². The molecule has 0 radical (unpaired) electrons. The van der Waals surface area contributed by atoms with Gasteiger partial charge in [-0.3, -0.25) is 4.68 Å². The molecule has 2 heterocycles. The maximum Gasteiger partial charge on any atom is 0.0679 e. The van der Waals surface area contributed by atoms with Gasteiger partial charge in [0.05, 0.1) is 12.6 Å². The van der Waals surface area contributed by atoms with Crippen molar-refractivity contribution >= 4 is 5.69 Å². The third-order valence-electron chi connectivity index (χ3n) is 3.75. The van der Waals surface area contributed by atoms with Crippen LogP contribution in [-0.2, 0) is 11.3 Å². The van der Waals surface area contributed by atoms with Crippen molar-refractivity contribution < 1.29 is 4.74 Å². The zero-order valence-corrected chi connectivity index (χ0v) is 11.8. The lowest BCUT2D eigenvalue weighted by atomic mass is 10.0. The number of rotatable bonds is 4. The second-order valence-electron chi connectivity index (χ2n) is 5.41. The van der Waals surface area contributed by atoms with E-state index in [4.69, 9.17) is 4.74 Å². The minimum atomic E-state index is 0.347. The standard InChI is InChI=1S/C16H21N3O/c1-13-11-15(7-10-20-13)18-16-6-3-2-5-14(16)12-19-9-4-8-17-19/h2-6,8-9,13,15,18H,7,10-12H2,1H3. The number of nitrogens with zero attached hydrogens (tertiary/aromatic N) is 2.